The summed E-state index contributed by atoms with van der Waals surface area (Å²) in [5, 5.41) is 18.7. The van der Waals surface area contributed by atoms with Crippen molar-refractivity contribution in [1.29, 1.82) is 0 Å². The van der Waals surface area contributed by atoms with Crippen LogP contribution in [0.2, 0.25) is 0 Å². The van der Waals surface area contributed by atoms with Gasteiger partial charge in [0.1, 0.15) is 11.3 Å². The summed E-state index contributed by atoms with van der Waals surface area (Å²) >= 11 is 0. The summed E-state index contributed by atoms with van der Waals surface area (Å²) in [6.07, 6.45) is 8.24. The molecule has 0 amide bonds. The van der Waals surface area contributed by atoms with Gasteiger partial charge < -0.3 is 5.11 Å². The van der Waals surface area contributed by atoms with Gasteiger partial charge in [0.15, 0.2) is 5.52 Å². The van der Waals surface area contributed by atoms with Crippen LogP contribution in [0.4, 0.5) is 0 Å². The first kappa shape index (κ1) is 12.2. The number of nitrogens with zero attached hydrogens (tertiary/aromatic N) is 3. The molecule has 2 aromatic rings. The highest BCUT2D eigenvalue weighted by atomic mass is 16.3. The lowest BCUT2D eigenvalue weighted by Gasteiger charge is -2.27. The molecule has 1 aliphatic rings. The van der Waals surface area contributed by atoms with Crippen LogP contribution in [-0.4, -0.2) is 20.1 Å². The van der Waals surface area contributed by atoms with Crippen molar-refractivity contribution in [2.24, 2.45) is 5.92 Å². The largest absolute Gasteiger partial charge is 0.506 e. The van der Waals surface area contributed by atoms with E-state index in [1.807, 2.05) is 12.1 Å². The fourth-order valence-electron chi connectivity index (χ4n) is 3.02. The van der Waals surface area contributed by atoms with E-state index < -0.39 is 0 Å². The van der Waals surface area contributed by atoms with E-state index in [1.165, 1.54) is 32.1 Å². The number of hydrogen-bond acceptors (Lipinski definition) is 3. The van der Waals surface area contributed by atoms with Gasteiger partial charge >= 0.3 is 0 Å². The maximum Gasteiger partial charge on any atom is 0.154 e. The van der Waals surface area contributed by atoms with Crippen molar-refractivity contribution in [3.8, 4) is 5.75 Å². The van der Waals surface area contributed by atoms with Crippen molar-refractivity contribution in [3.05, 3.63) is 30.9 Å². The number of phenolic OH excluding ortho intramolecular Hbond substituents is 1. The molecule has 1 aliphatic carbocycles. The minimum absolute atomic E-state index is 0.132. The number of allylic oxidation sites excluding steroid dienone is 1. The second-order valence-corrected chi connectivity index (χ2v) is 5.29. The summed E-state index contributed by atoms with van der Waals surface area (Å²) in [7, 11) is 0. The average molecular weight is 257 g/mol. The molecule has 19 heavy (non-hydrogen) atoms. The topological polar surface area (TPSA) is 50.9 Å². The minimum Gasteiger partial charge on any atom is -0.506 e. The molecule has 0 spiro atoms. The predicted octanol–water partition coefficient (Wildman–Crippen LogP) is 3.44. The second-order valence-electron chi connectivity index (χ2n) is 5.29. The van der Waals surface area contributed by atoms with Crippen molar-refractivity contribution in [2.75, 3.05) is 0 Å². The van der Waals surface area contributed by atoms with Crippen LogP contribution in [0.5, 0.6) is 5.75 Å². The minimum atomic E-state index is 0.132. The summed E-state index contributed by atoms with van der Waals surface area (Å²) in [4.78, 5) is 1.73. The molecule has 4 heteroatoms. The first-order valence-corrected chi connectivity index (χ1v) is 6.96. The van der Waals surface area contributed by atoms with E-state index in [9.17, 15) is 5.11 Å². The molecule has 0 bridgehead atoms. The first-order chi connectivity index (χ1) is 9.29. The zero-order valence-electron chi connectivity index (χ0n) is 11.0. The van der Waals surface area contributed by atoms with Crippen molar-refractivity contribution in [2.45, 2.75) is 38.1 Å². The van der Waals surface area contributed by atoms with Gasteiger partial charge in [-0.25, -0.2) is 0 Å². The Labute approximate surface area is 112 Å². The van der Waals surface area contributed by atoms with E-state index in [1.54, 1.807) is 16.9 Å². The van der Waals surface area contributed by atoms with E-state index in [0.717, 1.165) is 5.52 Å². The number of aromatic nitrogens is 3. The number of aromatic hydroxyl groups is 1. The summed E-state index contributed by atoms with van der Waals surface area (Å²) in [6.45, 7) is 3.94. The van der Waals surface area contributed by atoms with Crippen LogP contribution in [0.15, 0.2) is 30.9 Å². The predicted molar refractivity (Wildman–Crippen MR) is 75.0 cm³/mol. The molecule has 0 aliphatic heterocycles. The Balaban J connectivity index is 1.96. The molecule has 1 fully saturated rings. The van der Waals surface area contributed by atoms with Gasteiger partial charge in [0.2, 0.25) is 0 Å². The third kappa shape index (κ3) is 2.23. The fourth-order valence-corrected chi connectivity index (χ4v) is 3.02. The first-order valence-electron chi connectivity index (χ1n) is 6.96. The highest BCUT2D eigenvalue weighted by molar-refractivity contribution is 5.79. The maximum atomic E-state index is 9.81. The number of rotatable bonds is 3. The lowest BCUT2D eigenvalue weighted by atomic mass is 9.84. The van der Waals surface area contributed by atoms with Gasteiger partial charge in [0.05, 0.1) is 6.04 Å². The van der Waals surface area contributed by atoms with Crippen molar-refractivity contribution >= 4 is 11.0 Å². The van der Waals surface area contributed by atoms with Gasteiger partial charge in [-0.3, -0.25) is 0 Å². The molecule has 4 nitrogen and oxygen atoms in total. The smallest absolute Gasteiger partial charge is 0.154 e. The van der Waals surface area contributed by atoms with Crippen LogP contribution in [0.1, 0.15) is 38.1 Å². The van der Waals surface area contributed by atoms with Gasteiger partial charge in [-0.2, -0.15) is 9.90 Å². The molecular formula is C15H19N3O. The molecule has 1 aromatic carbocycles. The van der Waals surface area contributed by atoms with Crippen molar-refractivity contribution in [3.63, 3.8) is 0 Å². The Morgan fingerprint density at radius 1 is 1.26 bits per heavy atom. The van der Waals surface area contributed by atoms with Crippen LogP contribution in [0.3, 0.4) is 0 Å². The van der Waals surface area contributed by atoms with Crippen LogP contribution < -0.4 is 0 Å². The fraction of sp³-hybridized carbons (Fsp3) is 0.467. The summed E-state index contributed by atoms with van der Waals surface area (Å²) in [6, 6.07) is 5.44. The Hall–Kier alpha value is -1.84. The van der Waals surface area contributed by atoms with Crippen LogP contribution >= 0.6 is 0 Å². The Morgan fingerprint density at radius 3 is 2.74 bits per heavy atom. The Bertz CT molecular complexity index is 584. The van der Waals surface area contributed by atoms with Crippen molar-refractivity contribution < 1.29 is 5.11 Å². The molecular weight excluding hydrogens is 238 g/mol. The molecule has 1 aromatic heterocycles. The van der Waals surface area contributed by atoms with Crippen LogP contribution in [0.25, 0.3) is 11.0 Å². The van der Waals surface area contributed by atoms with Gasteiger partial charge in [-0.1, -0.05) is 31.4 Å². The molecule has 1 atom stereocenters. The second kappa shape index (κ2) is 5.03. The molecule has 1 N–H and O–H groups in total. The van der Waals surface area contributed by atoms with Crippen molar-refractivity contribution in [1.82, 2.24) is 15.0 Å². The number of phenols is 1. The monoisotopic (exact) mass is 257 g/mol. The highest BCUT2D eigenvalue weighted by Crippen LogP contribution is 2.33. The summed E-state index contributed by atoms with van der Waals surface area (Å²) in [5.41, 5.74) is 1.31. The molecule has 3 rings (SSSR count). The van der Waals surface area contributed by atoms with Gasteiger partial charge in [-0.15, -0.1) is 11.7 Å². The van der Waals surface area contributed by atoms with E-state index in [0.29, 0.717) is 11.4 Å². The number of hydrogen-bond donors (Lipinski definition) is 1. The normalized spacial score (nSPS) is 18.5. The average Bonchev–Trinajstić information content (AvgIpc) is 2.86. The van der Waals surface area contributed by atoms with E-state index in [-0.39, 0.29) is 11.8 Å². The van der Waals surface area contributed by atoms with E-state index in [2.05, 4.69) is 16.8 Å². The summed E-state index contributed by atoms with van der Waals surface area (Å²) in [5.74, 6) is 0.755. The number of benzene rings is 1. The van der Waals surface area contributed by atoms with Gasteiger partial charge in [0.25, 0.3) is 0 Å². The van der Waals surface area contributed by atoms with Gasteiger partial charge in [-0.05, 0) is 30.9 Å². The van der Waals surface area contributed by atoms with Gasteiger partial charge in [0, 0.05) is 0 Å². The third-order valence-corrected chi connectivity index (χ3v) is 4.05. The van der Waals surface area contributed by atoms with Crippen LogP contribution in [-0.2, 0) is 0 Å². The molecule has 1 heterocycles. The molecule has 1 saturated carbocycles. The molecule has 0 saturated heterocycles. The number of fused-ring (bicyclic) bond motifs is 1. The molecule has 1 unspecified atom stereocenters. The zero-order valence-corrected chi connectivity index (χ0v) is 11.0. The van der Waals surface area contributed by atoms with E-state index >= 15 is 0 Å². The lowest BCUT2D eigenvalue weighted by Crippen LogP contribution is -2.22. The highest BCUT2D eigenvalue weighted by Gasteiger charge is 2.24. The zero-order chi connectivity index (χ0) is 13.2. The van der Waals surface area contributed by atoms with Crippen LogP contribution in [0, 0.1) is 5.92 Å². The standard InChI is InChI=1S/C15H19N3O/c1-2-13(11-7-4-3-5-8-11)18-16-12-9-6-10-14(19)15(12)17-18/h2,6,9-11,13,19H,1,3-5,7-8H2. The van der Waals surface area contributed by atoms with E-state index in [4.69, 9.17) is 0 Å². The maximum absolute atomic E-state index is 9.81. The summed E-state index contributed by atoms with van der Waals surface area (Å²) < 4.78 is 0. The Kier molecular flexibility index (Phi) is 3.23. The quantitative estimate of drug-likeness (QED) is 0.857. The molecule has 100 valence electrons. The molecule has 0 radical (unpaired) electrons. The lowest BCUT2D eigenvalue weighted by molar-refractivity contribution is 0.258. The Morgan fingerprint density at radius 2 is 2.05 bits per heavy atom. The SMILES string of the molecule is C=CC(C1CCCCC1)n1nc2cccc(O)c2n1. The third-order valence-electron chi connectivity index (χ3n) is 4.05.